The van der Waals surface area contributed by atoms with Crippen LogP contribution >= 0.6 is 11.3 Å². The molecule has 0 bridgehead atoms. The van der Waals surface area contributed by atoms with Crippen molar-refractivity contribution in [1.29, 1.82) is 0 Å². The maximum Gasteiger partial charge on any atom is 0.264 e. The van der Waals surface area contributed by atoms with E-state index in [1.165, 1.54) is 30.6 Å². The van der Waals surface area contributed by atoms with Gasteiger partial charge in [-0.05, 0) is 67.0 Å². The van der Waals surface area contributed by atoms with Crippen LogP contribution in [0.1, 0.15) is 28.1 Å². The van der Waals surface area contributed by atoms with Gasteiger partial charge in [0.15, 0.2) is 0 Å². The van der Waals surface area contributed by atoms with Gasteiger partial charge in [-0.15, -0.1) is 11.3 Å². The molecule has 0 radical (unpaired) electrons. The van der Waals surface area contributed by atoms with Crippen molar-refractivity contribution < 1.29 is 17.9 Å². The molecule has 1 aromatic carbocycles. The SMILES string of the molecule is COc1ccc(S(=O)(=O)NC[C@@H]2CCCN(C(=O)c3sccc3C)C2)cc1. The van der Waals surface area contributed by atoms with E-state index in [0.29, 0.717) is 18.8 Å². The Morgan fingerprint density at radius 3 is 2.67 bits per heavy atom. The third kappa shape index (κ3) is 4.69. The molecule has 6 nitrogen and oxygen atoms in total. The molecule has 1 fully saturated rings. The Kier molecular flexibility index (Phi) is 6.18. The molecule has 0 saturated carbocycles. The van der Waals surface area contributed by atoms with Crippen LogP contribution in [0.5, 0.6) is 5.75 Å². The molecule has 146 valence electrons. The summed E-state index contributed by atoms with van der Waals surface area (Å²) in [5, 5.41) is 1.92. The Labute approximate surface area is 164 Å². The van der Waals surface area contributed by atoms with Crippen LogP contribution in [0.4, 0.5) is 0 Å². The minimum atomic E-state index is -3.58. The molecule has 27 heavy (non-hydrogen) atoms. The number of rotatable bonds is 6. The summed E-state index contributed by atoms with van der Waals surface area (Å²) >= 11 is 1.46. The number of thiophene rings is 1. The molecule has 1 saturated heterocycles. The topological polar surface area (TPSA) is 75.7 Å². The molecule has 1 aliphatic rings. The zero-order valence-electron chi connectivity index (χ0n) is 15.5. The summed E-state index contributed by atoms with van der Waals surface area (Å²) < 4.78 is 32.7. The number of sulfonamides is 1. The number of carbonyl (C=O) groups excluding carboxylic acids is 1. The number of ether oxygens (including phenoxy) is 1. The average molecular weight is 409 g/mol. The highest BCUT2D eigenvalue weighted by Crippen LogP contribution is 2.23. The molecule has 1 aromatic heterocycles. The fourth-order valence-corrected chi connectivity index (χ4v) is 5.23. The monoisotopic (exact) mass is 408 g/mol. The first-order valence-electron chi connectivity index (χ1n) is 8.88. The van der Waals surface area contributed by atoms with Crippen LogP contribution in [-0.4, -0.2) is 46.0 Å². The molecule has 0 aliphatic carbocycles. The first kappa shape index (κ1) is 19.9. The lowest BCUT2D eigenvalue weighted by atomic mass is 9.98. The summed E-state index contributed by atoms with van der Waals surface area (Å²) in [4.78, 5) is 15.5. The van der Waals surface area contributed by atoms with Crippen molar-refractivity contribution in [3.8, 4) is 5.75 Å². The molecule has 1 amide bonds. The minimum absolute atomic E-state index is 0.0465. The van der Waals surface area contributed by atoms with Crippen LogP contribution < -0.4 is 9.46 Å². The number of likely N-dealkylation sites (tertiary alicyclic amines) is 1. The highest BCUT2D eigenvalue weighted by Gasteiger charge is 2.27. The highest BCUT2D eigenvalue weighted by atomic mass is 32.2. The maximum atomic E-state index is 12.7. The second-order valence-electron chi connectivity index (χ2n) is 6.72. The molecule has 0 spiro atoms. The Morgan fingerprint density at radius 2 is 2.04 bits per heavy atom. The van der Waals surface area contributed by atoms with Gasteiger partial charge < -0.3 is 9.64 Å². The van der Waals surface area contributed by atoms with Crippen molar-refractivity contribution in [3.63, 3.8) is 0 Å². The van der Waals surface area contributed by atoms with Crippen molar-refractivity contribution in [2.45, 2.75) is 24.7 Å². The van der Waals surface area contributed by atoms with Gasteiger partial charge >= 0.3 is 0 Å². The summed E-state index contributed by atoms with van der Waals surface area (Å²) in [6.07, 6.45) is 1.78. The van der Waals surface area contributed by atoms with Gasteiger partial charge in [-0.2, -0.15) is 0 Å². The predicted molar refractivity (Wildman–Crippen MR) is 106 cm³/mol. The van der Waals surface area contributed by atoms with Crippen LogP contribution in [0, 0.1) is 12.8 Å². The van der Waals surface area contributed by atoms with Crippen LogP contribution in [0.2, 0.25) is 0 Å². The third-order valence-corrected chi connectivity index (χ3v) is 7.24. The number of aryl methyl sites for hydroxylation is 1. The van der Waals surface area contributed by atoms with Gasteiger partial charge in [-0.25, -0.2) is 13.1 Å². The first-order valence-corrected chi connectivity index (χ1v) is 11.2. The molecule has 0 unspecified atom stereocenters. The van der Waals surface area contributed by atoms with Crippen LogP contribution in [0.25, 0.3) is 0 Å². The molecule has 1 N–H and O–H groups in total. The van der Waals surface area contributed by atoms with E-state index in [1.807, 2.05) is 23.3 Å². The Bertz CT molecular complexity index is 891. The zero-order chi connectivity index (χ0) is 19.4. The van der Waals surface area contributed by atoms with Gasteiger partial charge in [-0.3, -0.25) is 4.79 Å². The van der Waals surface area contributed by atoms with Crippen molar-refractivity contribution in [3.05, 3.63) is 46.2 Å². The number of nitrogens with zero attached hydrogens (tertiary/aromatic N) is 1. The Balaban J connectivity index is 1.60. The van der Waals surface area contributed by atoms with Crippen LogP contribution in [0.3, 0.4) is 0 Å². The largest absolute Gasteiger partial charge is 0.497 e. The molecular weight excluding hydrogens is 384 g/mol. The normalized spacial score (nSPS) is 17.7. The molecule has 8 heteroatoms. The number of carbonyl (C=O) groups is 1. The zero-order valence-corrected chi connectivity index (χ0v) is 17.1. The second-order valence-corrected chi connectivity index (χ2v) is 9.40. The number of methoxy groups -OCH3 is 1. The van der Waals surface area contributed by atoms with Gasteiger partial charge in [0.05, 0.1) is 16.9 Å². The van der Waals surface area contributed by atoms with Gasteiger partial charge in [0, 0.05) is 19.6 Å². The van der Waals surface area contributed by atoms with Gasteiger partial charge in [-0.1, -0.05) is 0 Å². The van der Waals surface area contributed by atoms with Gasteiger partial charge in [0.25, 0.3) is 5.91 Å². The number of hydrogen-bond acceptors (Lipinski definition) is 5. The Morgan fingerprint density at radius 1 is 1.30 bits per heavy atom. The lowest BCUT2D eigenvalue weighted by molar-refractivity contribution is 0.0680. The smallest absolute Gasteiger partial charge is 0.264 e. The summed E-state index contributed by atoms with van der Waals surface area (Å²) in [6, 6.07) is 8.25. The predicted octanol–water partition coefficient (Wildman–Crippen LogP) is 2.90. The second kappa shape index (κ2) is 8.41. The van der Waals surface area contributed by atoms with E-state index < -0.39 is 10.0 Å². The highest BCUT2D eigenvalue weighted by molar-refractivity contribution is 7.89. The van der Waals surface area contributed by atoms with E-state index >= 15 is 0 Å². The van der Waals surface area contributed by atoms with Crippen molar-refractivity contribution >= 4 is 27.3 Å². The number of nitrogens with one attached hydrogen (secondary N) is 1. The van der Waals surface area contributed by atoms with E-state index in [-0.39, 0.29) is 16.7 Å². The number of hydrogen-bond donors (Lipinski definition) is 1. The molecule has 3 rings (SSSR count). The van der Waals surface area contributed by atoms with E-state index in [9.17, 15) is 13.2 Å². The summed E-state index contributed by atoms with van der Waals surface area (Å²) in [6.45, 7) is 3.55. The molecular formula is C19H24N2O4S2. The van der Waals surface area contributed by atoms with E-state index in [4.69, 9.17) is 4.74 Å². The minimum Gasteiger partial charge on any atom is -0.497 e. The van der Waals surface area contributed by atoms with Crippen LogP contribution in [-0.2, 0) is 10.0 Å². The van der Waals surface area contributed by atoms with E-state index in [1.54, 1.807) is 12.1 Å². The number of amides is 1. The quantitative estimate of drug-likeness (QED) is 0.797. The average Bonchev–Trinajstić information content (AvgIpc) is 3.12. The van der Waals surface area contributed by atoms with Crippen molar-refractivity contribution in [2.24, 2.45) is 5.92 Å². The maximum absolute atomic E-state index is 12.7. The summed E-state index contributed by atoms with van der Waals surface area (Å²) in [5.74, 6) is 0.764. The fraction of sp³-hybridized carbons (Fsp3) is 0.421. The first-order chi connectivity index (χ1) is 12.9. The fourth-order valence-electron chi connectivity index (χ4n) is 3.22. The van der Waals surface area contributed by atoms with Crippen molar-refractivity contribution in [1.82, 2.24) is 9.62 Å². The van der Waals surface area contributed by atoms with E-state index in [0.717, 1.165) is 29.8 Å². The lowest BCUT2D eigenvalue weighted by Crippen LogP contribution is -2.43. The summed E-state index contributed by atoms with van der Waals surface area (Å²) in [5.41, 5.74) is 0.993. The third-order valence-electron chi connectivity index (χ3n) is 4.79. The number of piperidine rings is 1. The van der Waals surface area contributed by atoms with E-state index in [2.05, 4.69) is 4.72 Å². The van der Waals surface area contributed by atoms with Gasteiger partial charge in [0.2, 0.25) is 10.0 Å². The molecule has 2 aromatic rings. The van der Waals surface area contributed by atoms with Gasteiger partial charge in [0.1, 0.15) is 5.75 Å². The molecule has 1 aliphatic heterocycles. The molecule has 1 atom stereocenters. The molecule has 2 heterocycles. The standard InChI is InChI=1S/C19H24N2O4S2/c1-14-9-11-26-18(14)19(22)21-10-3-4-15(13-21)12-20-27(23,24)17-7-5-16(25-2)6-8-17/h5-9,11,15,20H,3-4,10,12-13H2,1-2H3/t15-/m0/s1. The summed E-state index contributed by atoms with van der Waals surface area (Å²) in [7, 11) is -2.04. The van der Waals surface area contributed by atoms with Crippen LogP contribution in [0.15, 0.2) is 40.6 Å². The lowest BCUT2D eigenvalue weighted by Gasteiger charge is -2.32. The van der Waals surface area contributed by atoms with Crippen molar-refractivity contribution in [2.75, 3.05) is 26.7 Å². The number of benzene rings is 1. The Hall–Kier alpha value is -1.90.